The van der Waals surface area contributed by atoms with Crippen LogP contribution in [0.15, 0.2) is 30.3 Å². The van der Waals surface area contributed by atoms with E-state index in [4.69, 9.17) is 10.5 Å². The fraction of sp³-hybridized carbons (Fsp3) is 0.478. The highest BCUT2D eigenvalue weighted by Gasteiger charge is 2.39. The van der Waals surface area contributed by atoms with Crippen molar-refractivity contribution in [2.75, 3.05) is 26.2 Å². The molecule has 1 aromatic carbocycles. The van der Waals surface area contributed by atoms with Crippen molar-refractivity contribution in [3.05, 3.63) is 47.3 Å². The number of amides is 2. The van der Waals surface area contributed by atoms with E-state index in [2.05, 4.69) is 9.97 Å². The second-order valence-electron chi connectivity index (χ2n) is 8.63. The Morgan fingerprint density at radius 1 is 1.26 bits per heavy atom. The molecule has 4 rings (SSSR count). The third-order valence-electron chi connectivity index (χ3n) is 5.93. The zero-order valence-corrected chi connectivity index (χ0v) is 18.7. The molecular weight excluding hydrogens is 451 g/mol. The highest BCUT2D eigenvalue weighted by atomic mass is 19.4. The van der Waals surface area contributed by atoms with Gasteiger partial charge in [-0.05, 0) is 13.3 Å². The molecule has 2 aliphatic heterocycles. The molecule has 2 aromatic rings. The number of carbonyl (C=O) groups is 2. The SMILES string of the molecule is C[C@H]1CN(C[C@@H](N)CC(=O)N2CCc3c(nc(-c4ccccc4)nc3C(F)(F)F)C2)C(=O)CO1. The minimum absolute atomic E-state index is 0.000309. The van der Waals surface area contributed by atoms with Gasteiger partial charge in [0, 0.05) is 43.2 Å². The topological polar surface area (TPSA) is 102 Å². The Hall–Kier alpha value is -3.05. The van der Waals surface area contributed by atoms with E-state index in [1.54, 1.807) is 35.2 Å². The summed E-state index contributed by atoms with van der Waals surface area (Å²) in [5.41, 5.74) is 5.85. The first-order valence-corrected chi connectivity index (χ1v) is 11.1. The standard InChI is InChI=1S/C23H26F3N5O3/c1-14-10-31(20(33)13-34-14)11-16(27)9-19(32)30-8-7-17-18(12-30)28-22(15-5-3-2-4-6-15)29-21(17)23(24,25)26/h2-6,14,16H,7-13,27H2,1H3/t14-,16-/m0/s1. The van der Waals surface area contributed by atoms with Crippen LogP contribution in [-0.4, -0.2) is 70.0 Å². The zero-order valence-electron chi connectivity index (χ0n) is 18.7. The maximum atomic E-state index is 13.8. The average Bonchev–Trinajstić information content (AvgIpc) is 2.80. The summed E-state index contributed by atoms with van der Waals surface area (Å²) in [6, 6.07) is 7.83. The summed E-state index contributed by atoms with van der Waals surface area (Å²) in [5, 5.41) is 0. The third kappa shape index (κ3) is 5.36. The van der Waals surface area contributed by atoms with E-state index in [-0.39, 0.29) is 74.1 Å². The van der Waals surface area contributed by atoms with Crippen LogP contribution < -0.4 is 5.73 Å². The largest absolute Gasteiger partial charge is 0.433 e. The summed E-state index contributed by atoms with van der Waals surface area (Å²) in [6.07, 6.45) is -4.77. The van der Waals surface area contributed by atoms with Gasteiger partial charge in [-0.25, -0.2) is 9.97 Å². The van der Waals surface area contributed by atoms with E-state index in [9.17, 15) is 22.8 Å². The summed E-state index contributed by atoms with van der Waals surface area (Å²) >= 11 is 0. The van der Waals surface area contributed by atoms with Crippen LogP contribution in [0, 0.1) is 0 Å². The van der Waals surface area contributed by atoms with Crippen molar-refractivity contribution in [1.82, 2.24) is 19.8 Å². The lowest BCUT2D eigenvalue weighted by atomic mass is 10.0. The molecule has 0 unspecified atom stereocenters. The van der Waals surface area contributed by atoms with Gasteiger partial charge in [-0.3, -0.25) is 9.59 Å². The number of halogens is 3. The minimum Gasteiger partial charge on any atom is -0.367 e. The van der Waals surface area contributed by atoms with Gasteiger partial charge in [-0.15, -0.1) is 0 Å². The fourth-order valence-electron chi connectivity index (χ4n) is 4.24. The monoisotopic (exact) mass is 477 g/mol. The van der Waals surface area contributed by atoms with Crippen molar-refractivity contribution in [3.63, 3.8) is 0 Å². The second kappa shape index (κ2) is 9.67. The Balaban J connectivity index is 1.49. The van der Waals surface area contributed by atoms with Gasteiger partial charge in [0.15, 0.2) is 11.5 Å². The Morgan fingerprint density at radius 2 is 2.00 bits per heavy atom. The quantitative estimate of drug-likeness (QED) is 0.707. The van der Waals surface area contributed by atoms with Crippen LogP contribution in [0.3, 0.4) is 0 Å². The van der Waals surface area contributed by atoms with Gasteiger partial charge in [0.25, 0.3) is 0 Å². The number of alkyl halides is 3. The van der Waals surface area contributed by atoms with Gasteiger partial charge in [0.2, 0.25) is 11.8 Å². The molecule has 0 bridgehead atoms. The number of hydrogen-bond donors (Lipinski definition) is 1. The molecule has 1 saturated heterocycles. The van der Waals surface area contributed by atoms with Gasteiger partial charge >= 0.3 is 6.18 Å². The van der Waals surface area contributed by atoms with Crippen molar-refractivity contribution in [3.8, 4) is 11.4 Å². The first-order valence-electron chi connectivity index (χ1n) is 11.1. The lowest BCUT2D eigenvalue weighted by Gasteiger charge is -2.34. The molecule has 34 heavy (non-hydrogen) atoms. The van der Waals surface area contributed by atoms with Gasteiger partial charge in [0.05, 0.1) is 18.3 Å². The maximum absolute atomic E-state index is 13.8. The number of benzene rings is 1. The molecule has 182 valence electrons. The van der Waals surface area contributed by atoms with Crippen LogP contribution in [0.4, 0.5) is 13.2 Å². The van der Waals surface area contributed by atoms with Crippen molar-refractivity contribution in [1.29, 1.82) is 0 Å². The molecule has 3 heterocycles. The molecule has 2 amide bonds. The number of fused-ring (bicyclic) bond motifs is 1. The van der Waals surface area contributed by atoms with E-state index in [0.717, 1.165) is 0 Å². The molecule has 11 heteroatoms. The number of carbonyl (C=O) groups excluding carboxylic acids is 2. The summed E-state index contributed by atoms with van der Waals surface area (Å²) in [5.74, 6) is -0.504. The predicted molar refractivity (Wildman–Crippen MR) is 116 cm³/mol. The van der Waals surface area contributed by atoms with Crippen molar-refractivity contribution in [2.45, 2.75) is 44.6 Å². The number of nitrogens with two attached hydrogens (primary N) is 1. The molecule has 0 spiro atoms. The molecule has 1 fully saturated rings. The smallest absolute Gasteiger partial charge is 0.367 e. The van der Waals surface area contributed by atoms with Crippen LogP contribution in [0.25, 0.3) is 11.4 Å². The molecule has 0 saturated carbocycles. The molecule has 0 aliphatic carbocycles. The molecule has 8 nitrogen and oxygen atoms in total. The van der Waals surface area contributed by atoms with E-state index >= 15 is 0 Å². The average molecular weight is 477 g/mol. The van der Waals surface area contributed by atoms with Crippen molar-refractivity contribution >= 4 is 11.8 Å². The van der Waals surface area contributed by atoms with E-state index < -0.39 is 17.9 Å². The van der Waals surface area contributed by atoms with Crippen molar-refractivity contribution in [2.24, 2.45) is 5.73 Å². The Labute approximate surface area is 194 Å². The maximum Gasteiger partial charge on any atom is 0.433 e. The van der Waals surface area contributed by atoms with Gasteiger partial charge in [-0.1, -0.05) is 30.3 Å². The number of aromatic nitrogens is 2. The molecule has 1 aromatic heterocycles. The van der Waals surface area contributed by atoms with Crippen LogP contribution in [-0.2, 0) is 33.5 Å². The Kier molecular flexibility index (Phi) is 6.85. The van der Waals surface area contributed by atoms with Crippen LogP contribution in [0.1, 0.15) is 30.3 Å². The Morgan fingerprint density at radius 3 is 2.71 bits per heavy atom. The first-order chi connectivity index (χ1) is 16.1. The lowest BCUT2D eigenvalue weighted by Crippen LogP contribution is -2.51. The molecule has 2 N–H and O–H groups in total. The highest BCUT2D eigenvalue weighted by molar-refractivity contribution is 5.79. The summed E-state index contributed by atoms with van der Waals surface area (Å²) in [4.78, 5) is 36.1. The third-order valence-corrected chi connectivity index (χ3v) is 5.93. The van der Waals surface area contributed by atoms with Gasteiger partial charge in [-0.2, -0.15) is 13.2 Å². The zero-order chi connectivity index (χ0) is 24.5. The fourth-order valence-corrected chi connectivity index (χ4v) is 4.24. The minimum atomic E-state index is -4.63. The van der Waals surface area contributed by atoms with Crippen LogP contribution >= 0.6 is 0 Å². The van der Waals surface area contributed by atoms with Gasteiger partial charge in [0.1, 0.15) is 6.61 Å². The first kappa shape index (κ1) is 24.1. The van der Waals surface area contributed by atoms with Crippen LogP contribution in [0.5, 0.6) is 0 Å². The number of hydrogen-bond acceptors (Lipinski definition) is 6. The summed E-state index contributed by atoms with van der Waals surface area (Å²) in [7, 11) is 0. The summed E-state index contributed by atoms with van der Waals surface area (Å²) in [6.45, 7) is 2.50. The van der Waals surface area contributed by atoms with E-state index in [0.29, 0.717) is 12.1 Å². The van der Waals surface area contributed by atoms with Crippen molar-refractivity contribution < 1.29 is 27.5 Å². The summed E-state index contributed by atoms with van der Waals surface area (Å²) < 4.78 is 46.5. The van der Waals surface area contributed by atoms with E-state index in [1.165, 1.54) is 4.90 Å². The highest BCUT2D eigenvalue weighted by Crippen LogP contribution is 2.35. The number of morpholine rings is 1. The number of rotatable bonds is 5. The molecule has 0 radical (unpaired) electrons. The number of ether oxygens (including phenoxy) is 1. The normalized spacial score (nSPS) is 19.7. The van der Waals surface area contributed by atoms with Gasteiger partial charge < -0.3 is 20.3 Å². The predicted octanol–water partition coefficient (Wildman–Crippen LogP) is 2.01. The van der Waals surface area contributed by atoms with E-state index in [1.807, 2.05) is 6.92 Å². The Bertz CT molecular complexity index is 1060. The molecule has 2 aliphatic rings. The molecular formula is C23H26F3N5O3. The number of nitrogens with zero attached hydrogens (tertiary/aromatic N) is 4. The lowest BCUT2D eigenvalue weighted by molar-refractivity contribution is -0.148. The van der Waals surface area contributed by atoms with Crippen LogP contribution in [0.2, 0.25) is 0 Å². The molecule has 2 atom stereocenters. The second-order valence-corrected chi connectivity index (χ2v) is 8.63.